The van der Waals surface area contributed by atoms with E-state index in [1.165, 1.54) is 43.3 Å². The Morgan fingerprint density at radius 1 is 1.17 bits per heavy atom. The van der Waals surface area contributed by atoms with Crippen LogP contribution in [0, 0.1) is 12.7 Å². The van der Waals surface area contributed by atoms with Gasteiger partial charge in [-0.15, -0.1) is 0 Å². The fraction of sp³-hybridized carbons (Fsp3) is 0.211. The summed E-state index contributed by atoms with van der Waals surface area (Å²) in [6.07, 6.45) is 0. The van der Waals surface area contributed by atoms with Crippen molar-refractivity contribution in [2.45, 2.75) is 11.8 Å². The summed E-state index contributed by atoms with van der Waals surface area (Å²) in [7, 11) is -3.91. The maximum absolute atomic E-state index is 13.4. The van der Waals surface area contributed by atoms with Gasteiger partial charge in [0.05, 0.1) is 10.6 Å². The number of thioether (sulfide) groups is 1. The van der Waals surface area contributed by atoms with Crippen LogP contribution in [-0.2, 0) is 14.8 Å². The van der Waals surface area contributed by atoms with Gasteiger partial charge in [-0.1, -0.05) is 11.8 Å². The SMILES string of the molecule is Cc1cc(S(=O)(=O)Nc2ccc(C(=O)NCCN3C(=O)CSC3=O)cc2)ccc1F. The Morgan fingerprint density at radius 2 is 1.87 bits per heavy atom. The number of nitrogens with one attached hydrogen (secondary N) is 2. The number of sulfonamides is 1. The average Bonchev–Trinajstić information content (AvgIpc) is 3.02. The van der Waals surface area contributed by atoms with Crippen LogP contribution in [0.5, 0.6) is 0 Å². The van der Waals surface area contributed by atoms with Crippen molar-refractivity contribution in [1.29, 1.82) is 0 Å². The van der Waals surface area contributed by atoms with Crippen LogP contribution in [0.1, 0.15) is 15.9 Å². The highest BCUT2D eigenvalue weighted by atomic mass is 32.2. The zero-order chi connectivity index (χ0) is 21.9. The Morgan fingerprint density at radius 3 is 2.47 bits per heavy atom. The molecule has 1 saturated heterocycles. The van der Waals surface area contributed by atoms with E-state index in [4.69, 9.17) is 0 Å². The maximum atomic E-state index is 13.4. The summed E-state index contributed by atoms with van der Waals surface area (Å²) in [5.41, 5.74) is 0.726. The van der Waals surface area contributed by atoms with Crippen LogP contribution >= 0.6 is 11.8 Å². The van der Waals surface area contributed by atoms with Crippen LogP contribution < -0.4 is 10.0 Å². The third-order valence-electron chi connectivity index (χ3n) is 4.30. The lowest BCUT2D eigenvalue weighted by atomic mass is 10.2. The van der Waals surface area contributed by atoms with E-state index in [-0.39, 0.29) is 51.7 Å². The fourth-order valence-electron chi connectivity index (χ4n) is 2.67. The van der Waals surface area contributed by atoms with E-state index in [9.17, 15) is 27.2 Å². The van der Waals surface area contributed by atoms with Crippen molar-refractivity contribution in [3.8, 4) is 0 Å². The third kappa shape index (κ3) is 4.97. The number of halogens is 1. The van der Waals surface area contributed by atoms with E-state index in [1.54, 1.807) is 0 Å². The first-order valence-electron chi connectivity index (χ1n) is 8.82. The number of aryl methyl sites for hydroxylation is 1. The van der Waals surface area contributed by atoms with Gasteiger partial charge in [-0.25, -0.2) is 12.8 Å². The van der Waals surface area contributed by atoms with E-state index >= 15 is 0 Å². The Hall–Kier alpha value is -2.92. The number of hydrogen-bond acceptors (Lipinski definition) is 6. The largest absolute Gasteiger partial charge is 0.350 e. The molecule has 0 saturated carbocycles. The van der Waals surface area contributed by atoms with Gasteiger partial charge in [0.15, 0.2) is 0 Å². The molecule has 3 amide bonds. The Kier molecular flexibility index (Phi) is 6.42. The second-order valence-electron chi connectivity index (χ2n) is 6.45. The van der Waals surface area contributed by atoms with E-state index in [1.807, 2.05) is 0 Å². The Balaban J connectivity index is 1.58. The number of imide groups is 1. The maximum Gasteiger partial charge on any atom is 0.288 e. The van der Waals surface area contributed by atoms with Gasteiger partial charge in [-0.3, -0.25) is 24.0 Å². The van der Waals surface area contributed by atoms with Gasteiger partial charge in [0, 0.05) is 24.3 Å². The molecule has 1 fully saturated rings. The number of carbonyl (C=O) groups excluding carboxylic acids is 3. The predicted octanol–water partition coefficient (Wildman–Crippen LogP) is 2.36. The molecule has 1 heterocycles. The van der Waals surface area contributed by atoms with Crippen LogP contribution in [0.2, 0.25) is 0 Å². The van der Waals surface area contributed by atoms with E-state index in [2.05, 4.69) is 10.0 Å². The zero-order valence-corrected chi connectivity index (χ0v) is 17.5. The summed E-state index contributed by atoms with van der Waals surface area (Å²) in [6.45, 7) is 1.66. The zero-order valence-electron chi connectivity index (χ0n) is 15.8. The summed E-state index contributed by atoms with van der Waals surface area (Å²) < 4.78 is 40.6. The Bertz CT molecular complexity index is 1090. The standard InChI is InChI=1S/C19H18FN3O5S2/c1-12-10-15(6-7-16(12)20)30(27,28)22-14-4-2-13(3-5-14)18(25)21-8-9-23-17(24)11-29-19(23)26/h2-7,10,22H,8-9,11H2,1H3,(H,21,25). The van der Waals surface area contributed by atoms with Crippen molar-refractivity contribution in [1.82, 2.24) is 10.2 Å². The molecule has 2 aromatic carbocycles. The molecule has 158 valence electrons. The molecule has 0 aromatic heterocycles. The predicted molar refractivity (Wildman–Crippen MR) is 110 cm³/mol. The number of rotatable bonds is 7. The van der Waals surface area contributed by atoms with Gasteiger partial charge >= 0.3 is 0 Å². The summed E-state index contributed by atoms with van der Waals surface area (Å²) in [4.78, 5) is 36.2. The summed E-state index contributed by atoms with van der Waals surface area (Å²) in [5.74, 6) is -1.10. The summed E-state index contributed by atoms with van der Waals surface area (Å²) in [5, 5.41) is 2.27. The van der Waals surface area contributed by atoms with Crippen LogP contribution in [0.25, 0.3) is 0 Å². The molecule has 0 aliphatic carbocycles. The molecule has 0 unspecified atom stereocenters. The van der Waals surface area contributed by atoms with Crippen molar-refractivity contribution in [2.24, 2.45) is 0 Å². The Labute approximate surface area is 176 Å². The molecular formula is C19H18FN3O5S2. The smallest absolute Gasteiger partial charge is 0.288 e. The van der Waals surface area contributed by atoms with Gasteiger partial charge in [0.25, 0.3) is 21.2 Å². The number of amides is 3. The van der Waals surface area contributed by atoms with Crippen molar-refractivity contribution in [3.63, 3.8) is 0 Å². The molecule has 1 aliphatic heterocycles. The molecule has 0 bridgehead atoms. The second kappa shape index (κ2) is 8.84. The van der Waals surface area contributed by atoms with E-state index < -0.39 is 21.7 Å². The molecule has 30 heavy (non-hydrogen) atoms. The first kappa shape index (κ1) is 21.8. The van der Waals surface area contributed by atoms with Gasteiger partial charge < -0.3 is 5.32 Å². The highest BCUT2D eigenvalue weighted by molar-refractivity contribution is 8.14. The van der Waals surface area contributed by atoms with Crippen molar-refractivity contribution in [2.75, 3.05) is 23.6 Å². The van der Waals surface area contributed by atoms with Crippen molar-refractivity contribution >= 4 is 44.5 Å². The molecule has 0 atom stereocenters. The third-order valence-corrected chi connectivity index (χ3v) is 6.54. The quantitative estimate of drug-likeness (QED) is 0.668. The van der Waals surface area contributed by atoms with Crippen LogP contribution in [0.15, 0.2) is 47.4 Å². The lowest BCUT2D eigenvalue weighted by molar-refractivity contribution is -0.124. The van der Waals surface area contributed by atoms with Gasteiger partial charge in [-0.2, -0.15) is 0 Å². The van der Waals surface area contributed by atoms with Gasteiger partial charge in [0.2, 0.25) is 5.91 Å². The molecule has 1 aliphatic rings. The second-order valence-corrected chi connectivity index (χ2v) is 9.06. The molecule has 2 aromatic rings. The first-order chi connectivity index (χ1) is 14.2. The molecule has 8 nitrogen and oxygen atoms in total. The lowest BCUT2D eigenvalue weighted by Crippen LogP contribution is -2.37. The monoisotopic (exact) mass is 451 g/mol. The molecule has 0 spiro atoms. The number of nitrogens with zero attached hydrogens (tertiary/aromatic N) is 1. The topological polar surface area (TPSA) is 113 Å². The summed E-state index contributed by atoms with van der Waals surface area (Å²) in [6, 6.07) is 9.20. The molecule has 11 heteroatoms. The van der Waals surface area contributed by atoms with Crippen molar-refractivity contribution in [3.05, 3.63) is 59.4 Å². The highest BCUT2D eigenvalue weighted by Gasteiger charge is 2.29. The summed E-state index contributed by atoms with van der Waals surface area (Å²) >= 11 is 0.925. The normalized spacial score (nSPS) is 14.1. The minimum Gasteiger partial charge on any atom is -0.350 e. The average molecular weight is 452 g/mol. The number of anilines is 1. The molecule has 0 radical (unpaired) electrons. The minimum atomic E-state index is -3.91. The van der Waals surface area contributed by atoms with Crippen molar-refractivity contribution < 1.29 is 27.2 Å². The molecular weight excluding hydrogens is 433 g/mol. The number of carbonyl (C=O) groups is 3. The number of benzene rings is 2. The highest BCUT2D eigenvalue weighted by Crippen LogP contribution is 2.19. The molecule has 2 N–H and O–H groups in total. The van der Waals surface area contributed by atoms with E-state index in [0.29, 0.717) is 0 Å². The van der Waals surface area contributed by atoms with Gasteiger partial charge in [-0.05, 0) is 55.0 Å². The van der Waals surface area contributed by atoms with Crippen LogP contribution in [0.3, 0.4) is 0 Å². The van der Waals surface area contributed by atoms with Crippen LogP contribution in [-0.4, -0.2) is 49.2 Å². The lowest BCUT2D eigenvalue weighted by Gasteiger charge is -2.13. The number of hydrogen-bond donors (Lipinski definition) is 2. The fourth-order valence-corrected chi connectivity index (χ4v) is 4.56. The first-order valence-corrected chi connectivity index (χ1v) is 11.3. The minimum absolute atomic E-state index is 0.0765. The van der Waals surface area contributed by atoms with Gasteiger partial charge in [0.1, 0.15) is 5.82 Å². The molecule has 3 rings (SSSR count). The van der Waals surface area contributed by atoms with Crippen LogP contribution in [0.4, 0.5) is 14.9 Å². The van der Waals surface area contributed by atoms with E-state index in [0.717, 1.165) is 22.7 Å².